The summed E-state index contributed by atoms with van der Waals surface area (Å²) in [6.45, 7) is 2.25. The second-order valence-corrected chi connectivity index (χ2v) is 6.45. The maximum absolute atomic E-state index is 5.13. The number of hydrogen-bond donors (Lipinski definition) is 0. The van der Waals surface area contributed by atoms with Crippen LogP contribution in [0.4, 0.5) is 11.4 Å². The molecule has 124 valence electrons. The normalized spacial score (nSPS) is 20.7. The van der Waals surface area contributed by atoms with E-state index in [0.29, 0.717) is 0 Å². The van der Waals surface area contributed by atoms with Crippen LogP contribution in [0, 0.1) is 0 Å². The Morgan fingerprint density at radius 1 is 0.800 bits per heavy atom. The third-order valence-corrected chi connectivity index (χ3v) is 5.24. The molecule has 0 amide bonds. The average Bonchev–Trinajstić information content (AvgIpc) is 2.93. The van der Waals surface area contributed by atoms with Gasteiger partial charge in [-0.1, -0.05) is 73.7 Å². The number of nitrogens with zero attached hydrogens (tertiary/aromatic N) is 2. The molecule has 3 aromatic carbocycles. The summed E-state index contributed by atoms with van der Waals surface area (Å²) >= 11 is 0. The fourth-order valence-electron chi connectivity index (χ4n) is 3.99. The minimum absolute atomic E-state index is 0.249. The quantitative estimate of drug-likeness (QED) is 0.615. The Hall–Kier alpha value is -2.87. The summed E-state index contributed by atoms with van der Waals surface area (Å²) in [6, 6.07) is 29.6. The van der Waals surface area contributed by atoms with E-state index in [-0.39, 0.29) is 5.54 Å². The predicted molar refractivity (Wildman–Crippen MR) is 106 cm³/mol. The van der Waals surface area contributed by atoms with Crippen LogP contribution in [-0.2, 0) is 5.54 Å². The molecule has 1 heterocycles. The van der Waals surface area contributed by atoms with Gasteiger partial charge < -0.3 is 4.90 Å². The van der Waals surface area contributed by atoms with Crippen molar-refractivity contribution in [3.63, 3.8) is 0 Å². The summed E-state index contributed by atoms with van der Waals surface area (Å²) in [5.41, 5.74) is 5.62. The summed E-state index contributed by atoms with van der Waals surface area (Å²) in [4.78, 5) is 7.51. The second kappa shape index (κ2) is 6.21. The largest absolute Gasteiger partial charge is 0.359 e. The van der Waals surface area contributed by atoms with Crippen molar-refractivity contribution in [2.24, 2.45) is 4.99 Å². The zero-order valence-corrected chi connectivity index (χ0v) is 14.7. The van der Waals surface area contributed by atoms with E-state index in [1.807, 2.05) is 18.2 Å². The van der Waals surface area contributed by atoms with Crippen LogP contribution in [0.5, 0.6) is 0 Å². The number of benzene rings is 3. The predicted octanol–water partition coefficient (Wildman–Crippen LogP) is 5.56. The third kappa shape index (κ3) is 2.37. The Bertz CT molecular complexity index is 900. The van der Waals surface area contributed by atoms with E-state index in [9.17, 15) is 0 Å². The zero-order chi connectivity index (χ0) is 17.3. The summed E-state index contributed by atoms with van der Waals surface area (Å²) < 4.78 is 0. The van der Waals surface area contributed by atoms with Gasteiger partial charge in [-0.25, -0.2) is 4.99 Å². The molecule has 1 atom stereocenters. The molecule has 0 fully saturated rings. The molecule has 1 unspecified atom stereocenters. The standard InChI is InChI=1S/C23H22N2/c1-3-23(18-12-6-4-7-13-18)22(24-19-14-8-5-9-15-19)20-16-10-11-17-21(20)25(23)2/h4-17H,3H2,1-2H3/b24-22-. The van der Waals surface area contributed by atoms with Crippen molar-refractivity contribution in [3.8, 4) is 0 Å². The van der Waals surface area contributed by atoms with Crippen LogP contribution in [0.1, 0.15) is 24.5 Å². The van der Waals surface area contributed by atoms with Crippen LogP contribution in [0.2, 0.25) is 0 Å². The summed E-state index contributed by atoms with van der Waals surface area (Å²) in [7, 11) is 2.18. The molecular formula is C23H22N2. The number of hydrogen-bond acceptors (Lipinski definition) is 2. The van der Waals surface area contributed by atoms with Crippen molar-refractivity contribution in [2.45, 2.75) is 18.9 Å². The number of para-hydroxylation sites is 2. The maximum Gasteiger partial charge on any atom is 0.108 e. The van der Waals surface area contributed by atoms with Crippen LogP contribution >= 0.6 is 0 Å². The molecule has 3 aromatic rings. The highest BCUT2D eigenvalue weighted by atomic mass is 15.2. The van der Waals surface area contributed by atoms with E-state index in [0.717, 1.165) is 17.8 Å². The Morgan fingerprint density at radius 2 is 1.40 bits per heavy atom. The Morgan fingerprint density at radius 3 is 2.08 bits per heavy atom. The van der Waals surface area contributed by atoms with Crippen molar-refractivity contribution >= 4 is 17.1 Å². The first-order chi connectivity index (χ1) is 12.3. The first-order valence-electron chi connectivity index (χ1n) is 8.80. The average molecular weight is 326 g/mol. The number of likely N-dealkylation sites (N-methyl/N-ethyl adjacent to an activating group) is 1. The minimum atomic E-state index is -0.249. The van der Waals surface area contributed by atoms with E-state index in [2.05, 4.69) is 85.6 Å². The molecule has 25 heavy (non-hydrogen) atoms. The molecule has 0 aliphatic carbocycles. The third-order valence-electron chi connectivity index (χ3n) is 5.24. The van der Waals surface area contributed by atoms with Gasteiger partial charge in [0.05, 0.1) is 11.4 Å². The fraction of sp³-hybridized carbons (Fsp3) is 0.174. The number of aliphatic imine (C=N–C) groups is 1. The second-order valence-electron chi connectivity index (χ2n) is 6.45. The molecule has 0 bridgehead atoms. The highest BCUT2D eigenvalue weighted by molar-refractivity contribution is 6.18. The lowest BCUT2D eigenvalue weighted by molar-refractivity contribution is 0.556. The molecular weight excluding hydrogens is 304 g/mol. The van der Waals surface area contributed by atoms with E-state index in [1.54, 1.807) is 0 Å². The summed E-state index contributed by atoms with van der Waals surface area (Å²) in [5.74, 6) is 0. The lowest BCUT2D eigenvalue weighted by atomic mass is 9.82. The highest BCUT2D eigenvalue weighted by Gasteiger charge is 2.47. The molecule has 1 aliphatic heterocycles. The van der Waals surface area contributed by atoms with Crippen LogP contribution in [0.15, 0.2) is 89.9 Å². The van der Waals surface area contributed by atoms with Crippen LogP contribution in [0.3, 0.4) is 0 Å². The molecule has 4 rings (SSSR count). The molecule has 0 radical (unpaired) electrons. The van der Waals surface area contributed by atoms with Gasteiger partial charge in [0.25, 0.3) is 0 Å². The molecule has 0 aromatic heterocycles. The molecule has 2 nitrogen and oxygen atoms in total. The van der Waals surface area contributed by atoms with Crippen molar-refractivity contribution < 1.29 is 0 Å². The molecule has 2 heteroatoms. The molecule has 0 saturated heterocycles. The zero-order valence-electron chi connectivity index (χ0n) is 14.7. The number of fused-ring (bicyclic) bond motifs is 1. The smallest absolute Gasteiger partial charge is 0.108 e. The first kappa shape index (κ1) is 15.6. The van der Waals surface area contributed by atoms with Crippen molar-refractivity contribution in [1.29, 1.82) is 0 Å². The van der Waals surface area contributed by atoms with Crippen molar-refractivity contribution in [1.82, 2.24) is 0 Å². The highest BCUT2D eigenvalue weighted by Crippen LogP contribution is 2.47. The molecule has 0 spiro atoms. The lowest BCUT2D eigenvalue weighted by Crippen LogP contribution is -2.45. The molecule has 0 N–H and O–H groups in total. The van der Waals surface area contributed by atoms with Gasteiger partial charge in [0.2, 0.25) is 0 Å². The molecule has 1 aliphatic rings. The summed E-state index contributed by atoms with van der Waals surface area (Å²) in [5, 5.41) is 0. The minimum Gasteiger partial charge on any atom is -0.359 e. The van der Waals surface area contributed by atoms with Gasteiger partial charge >= 0.3 is 0 Å². The Balaban J connectivity index is 2.00. The van der Waals surface area contributed by atoms with Gasteiger partial charge in [0, 0.05) is 18.3 Å². The van der Waals surface area contributed by atoms with E-state index >= 15 is 0 Å². The van der Waals surface area contributed by atoms with Crippen LogP contribution < -0.4 is 4.90 Å². The van der Waals surface area contributed by atoms with Gasteiger partial charge in [-0.2, -0.15) is 0 Å². The maximum atomic E-state index is 5.13. The van der Waals surface area contributed by atoms with Crippen molar-refractivity contribution in [3.05, 3.63) is 96.1 Å². The van der Waals surface area contributed by atoms with Crippen LogP contribution in [0.25, 0.3) is 0 Å². The fourth-order valence-corrected chi connectivity index (χ4v) is 3.99. The Kier molecular flexibility index (Phi) is 3.89. The number of anilines is 1. The van der Waals surface area contributed by atoms with E-state index < -0.39 is 0 Å². The summed E-state index contributed by atoms with van der Waals surface area (Å²) in [6.07, 6.45) is 0.952. The first-order valence-corrected chi connectivity index (χ1v) is 8.80. The van der Waals surface area contributed by atoms with E-state index in [1.165, 1.54) is 16.8 Å². The van der Waals surface area contributed by atoms with Gasteiger partial charge in [-0.3, -0.25) is 0 Å². The molecule has 0 saturated carbocycles. The van der Waals surface area contributed by atoms with E-state index in [4.69, 9.17) is 4.99 Å². The van der Waals surface area contributed by atoms with Gasteiger partial charge in [0.15, 0.2) is 0 Å². The Labute approximate surface area is 149 Å². The van der Waals surface area contributed by atoms with Gasteiger partial charge in [-0.15, -0.1) is 0 Å². The SMILES string of the molecule is CCC1(c2ccccc2)/C(=N\c2ccccc2)c2ccccc2N1C. The number of rotatable bonds is 3. The monoisotopic (exact) mass is 326 g/mol. The lowest BCUT2D eigenvalue weighted by Gasteiger charge is -2.38. The van der Waals surface area contributed by atoms with Crippen molar-refractivity contribution in [2.75, 3.05) is 11.9 Å². The topological polar surface area (TPSA) is 15.6 Å². The van der Waals surface area contributed by atoms with Gasteiger partial charge in [-0.05, 0) is 30.2 Å². The van der Waals surface area contributed by atoms with Gasteiger partial charge in [0.1, 0.15) is 5.54 Å². The van der Waals surface area contributed by atoms with Crippen LogP contribution in [-0.4, -0.2) is 12.8 Å².